The molecule has 7 heterocycles. The summed E-state index contributed by atoms with van der Waals surface area (Å²) in [5, 5.41) is 16.7. The Kier molecular flexibility index (Phi) is 11.7. The summed E-state index contributed by atoms with van der Waals surface area (Å²) in [6.07, 6.45) is 5.38. The Labute approximate surface area is 368 Å². The van der Waals surface area contributed by atoms with Crippen LogP contribution in [0.15, 0.2) is 89.2 Å². The Bertz CT molecular complexity index is 2660. The third-order valence-corrected chi connectivity index (χ3v) is 12.6. The maximum absolute atomic E-state index is 15.5. The van der Waals surface area contributed by atoms with E-state index in [0.717, 1.165) is 71.6 Å². The maximum Gasteiger partial charge on any atom is 0.255 e. The largest absolute Gasteiger partial charge is 0.485 e. The van der Waals surface area contributed by atoms with E-state index in [2.05, 4.69) is 68.8 Å². The minimum Gasteiger partial charge on any atom is -0.485 e. The van der Waals surface area contributed by atoms with Crippen LogP contribution >= 0.6 is 11.8 Å². The van der Waals surface area contributed by atoms with Crippen LogP contribution in [0.4, 0.5) is 27.4 Å². The van der Waals surface area contributed by atoms with Crippen LogP contribution in [-0.2, 0) is 16.1 Å². The highest BCUT2D eigenvalue weighted by molar-refractivity contribution is 7.99. The molecule has 3 amide bonds. The van der Waals surface area contributed by atoms with Crippen molar-refractivity contribution >= 4 is 58.1 Å². The van der Waals surface area contributed by atoms with Gasteiger partial charge < -0.3 is 24.8 Å². The molecular formula is C45H49FN12O4S. The van der Waals surface area contributed by atoms with Gasteiger partial charge in [-0.25, -0.2) is 9.37 Å². The molecule has 3 saturated heterocycles. The SMILES string of the molecule is CC.CC(C)Oc1c(-c2cn[nH]c2)ncn2nc(Nc3ccc(Sc4cccc(N5CC(N6CCN(c7ccc8c(c7)CN(C7CCC(=O)NC7=O)C8=O)CC6)C5)c4)cc3F)nc12. The standard InChI is InChI=1S/C43H43FN12O4S.C2H6/c1-25(2)60-39-38(27-19-46-47-20-27)45-24-56-40(39)50-43(51-56)48-35-9-7-32(18-34(35)44)61-31-5-3-4-28(17-31)54-22-30(23-54)53-14-12-52(13-15-53)29-6-8-33-26(16-29)21-55(42(33)59)36-10-11-37(57)49-41(36)58;1-2/h3-9,16-20,24-25,30,36H,10-15,21-23H2,1-2H3,(H,46,47)(H,48,51)(H,49,57,58);1-2H3. The zero-order valence-electron chi connectivity index (χ0n) is 35.5. The lowest BCUT2D eigenvalue weighted by Gasteiger charge is -2.49. The van der Waals surface area contributed by atoms with Crippen molar-refractivity contribution in [3.63, 3.8) is 0 Å². The number of carbonyl (C=O) groups is 3. The van der Waals surface area contributed by atoms with E-state index in [1.54, 1.807) is 29.7 Å². The van der Waals surface area contributed by atoms with Crippen LogP contribution in [0.25, 0.3) is 16.9 Å². The zero-order chi connectivity index (χ0) is 43.8. The molecule has 3 fully saturated rings. The normalized spacial score (nSPS) is 18.0. The summed E-state index contributed by atoms with van der Waals surface area (Å²) in [6.45, 7) is 13.7. The van der Waals surface area contributed by atoms with Gasteiger partial charge in [0, 0.05) is 96.8 Å². The number of aromatic nitrogens is 6. The van der Waals surface area contributed by atoms with Gasteiger partial charge in [0.1, 0.15) is 23.9 Å². The summed E-state index contributed by atoms with van der Waals surface area (Å²) in [5.74, 6) is -0.594. The minimum absolute atomic E-state index is 0.143. The average molecular weight is 873 g/mol. The van der Waals surface area contributed by atoms with Gasteiger partial charge in [0.05, 0.1) is 18.0 Å². The Balaban J connectivity index is 0.00000249. The van der Waals surface area contributed by atoms with Crippen molar-refractivity contribution in [3.05, 3.63) is 96.3 Å². The van der Waals surface area contributed by atoms with Crippen molar-refractivity contribution < 1.29 is 23.5 Å². The number of fused-ring (bicyclic) bond motifs is 2. The van der Waals surface area contributed by atoms with E-state index in [-0.39, 0.29) is 36.0 Å². The maximum atomic E-state index is 15.5. The molecule has 4 aliphatic heterocycles. The number of piperidine rings is 1. The number of imide groups is 1. The second-order valence-corrected chi connectivity index (χ2v) is 17.1. The molecule has 6 aromatic rings. The van der Waals surface area contributed by atoms with Gasteiger partial charge in [-0.1, -0.05) is 31.7 Å². The summed E-state index contributed by atoms with van der Waals surface area (Å²) in [4.78, 5) is 57.1. The Morgan fingerprint density at radius 3 is 2.48 bits per heavy atom. The van der Waals surface area contributed by atoms with Crippen LogP contribution in [0.2, 0.25) is 0 Å². The van der Waals surface area contributed by atoms with E-state index < -0.39 is 17.8 Å². The Morgan fingerprint density at radius 1 is 0.937 bits per heavy atom. The van der Waals surface area contributed by atoms with Gasteiger partial charge in [-0.3, -0.25) is 29.7 Å². The van der Waals surface area contributed by atoms with Gasteiger partial charge in [-0.05, 0) is 80.4 Å². The molecule has 0 aliphatic carbocycles. The molecule has 1 unspecified atom stereocenters. The Hall–Kier alpha value is -6.53. The van der Waals surface area contributed by atoms with Crippen molar-refractivity contribution in [2.24, 2.45) is 0 Å². The molecule has 0 spiro atoms. The van der Waals surface area contributed by atoms with Crippen molar-refractivity contribution in [3.8, 4) is 17.0 Å². The van der Waals surface area contributed by atoms with E-state index in [0.29, 0.717) is 41.7 Å². The van der Waals surface area contributed by atoms with Crippen molar-refractivity contribution in [2.45, 2.75) is 75.1 Å². The van der Waals surface area contributed by atoms with Crippen LogP contribution in [-0.4, -0.2) is 115 Å². The highest BCUT2D eigenvalue weighted by Gasteiger charge is 2.40. The predicted octanol–water partition coefficient (Wildman–Crippen LogP) is 6.13. The number of nitrogens with one attached hydrogen (secondary N) is 3. The van der Waals surface area contributed by atoms with Gasteiger partial charge in [0.25, 0.3) is 5.91 Å². The van der Waals surface area contributed by atoms with E-state index in [4.69, 9.17) is 4.74 Å². The average Bonchev–Trinajstić information content (AvgIpc) is 4.02. The van der Waals surface area contributed by atoms with Gasteiger partial charge >= 0.3 is 0 Å². The third kappa shape index (κ3) is 8.52. The third-order valence-electron chi connectivity index (χ3n) is 11.6. The fourth-order valence-electron chi connectivity index (χ4n) is 8.48. The molecule has 3 aromatic heterocycles. The monoisotopic (exact) mass is 872 g/mol. The quantitative estimate of drug-likeness (QED) is 0.127. The number of benzene rings is 3. The number of hydrogen-bond acceptors (Lipinski definition) is 13. The molecule has 18 heteroatoms. The number of nitrogens with zero attached hydrogens (tertiary/aromatic N) is 9. The highest BCUT2D eigenvalue weighted by Crippen LogP contribution is 2.36. The van der Waals surface area contributed by atoms with E-state index >= 15 is 4.39 Å². The van der Waals surface area contributed by atoms with E-state index in [1.165, 1.54) is 22.3 Å². The van der Waals surface area contributed by atoms with Crippen LogP contribution < -0.4 is 25.2 Å². The lowest BCUT2D eigenvalue weighted by molar-refractivity contribution is -0.136. The number of halogens is 1. The van der Waals surface area contributed by atoms with Gasteiger partial charge in [0.15, 0.2) is 5.75 Å². The summed E-state index contributed by atoms with van der Waals surface area (Å²) in [5.41, 5.74) is 5.80. The fraction of sp³-hybridized carbons (Fsp3) is 0.356. The first-order valence-electron chi connectivity index (χ1n) is 21.4. The molecule has 4 aliphatic rings. The molecule has 63 heavy (non-hydrogen) atoms. The summed E-state index contributed by atoms with van der Waals surface area (Å²) in [7, 11) is 0. The smallest absolute Gasteiger partial charge is 0.255 e. The van der Waals surface area contributed by atoms with Crippen LogP contribution in [0.5, 0.6) is 5.75 Å². The molecule has 0 bridgehead atoms. The molecule has 1 atom stereocenters. The van der Waals surface area contributed by atoms with Gasteiger partial charge in [0.2, 0.25) is 23.4 Å². The second kappa shape index (κ2) is 17.7. The van der Waals surface area contributed by atoms with Gasteiger partial charge in [-0.15, -0.1) is 5.10 Å². The second-order valence-electron chi connectivity index (χ2n) is 16.0. The zero-order valence-corrected chi connectivity index (χ0v) is 36.4. The molecule has 3 aromatic carbocycles. The number of rotatable bonds is 11. The molecule has 0 radical (unpaired) electrons. The fourth-order valence-corrected chi connectivity index (χ4v) is 9.38. The van der Waals surface area contributed by atoms with E-state index in [1.807, 2.05) is 58.0 Å². The number of piperazine rings is 1. The summed E-state index contributed by atoms with van der Waals surface area (Å²) >= 11 is 1.51. The highest BCUT2D eigenvalue weighted by atomic mass is 32.2. The topological polar surface area (TPSA) is 169 Å². The number of H-pyrrole nitrogens is 1. The van der Waals surface area contributed by atoms with Crippen LogP contribution in [0.1, 0.15) is 56.5 Å². The van der Waals surface area contributed by atoms with Gasteiger partial charge in [-0.2, -0.15) is 14.6 Å². The number of carbonyl (C=O) groups excluding carboxylic acids is 3. The number of anilines is 4. The molecule has 3 N–H and O–H groups in total. The first-order chi connectivity index (χ1) is 30.6. The number of ether oxygens (including phenoxy) is 1. The molecule has 16 nitrogen and oxygen atoms in total. The van der Waals surface area contributed by atoms with E-state index in [9.17, 15) is 14.4 Å². The predicted molar refractivity (Wildman–Crippen MR) is 238 cm³/mol. The minimum atomic E-state index is -0.615. The Morgan fingerprint density at radius 2 is 1.73 bits per heavy atom. The van der Waals surface area contributed by atoms with Crippen LogP contribution in [0.3, 0.4) is 0 Å². The molecule has 326 valence electrons. The number of hydrogen-bond donors (Lipinski definition) is 3. The number of amides is 3. The van der Waals surface area contributed by atoms with Crippen molar-refractivity contribution in [1.29, 1.82) is 0 Å². The first kappa shape index (κ1) is 41.8. The summed E-state index contributed by atoms with van der Waals surface area (Å²) < 4.78 is 23.1. The molecule has 0 saturated carbocycles. The summed E-state index contributed by atoms with van der Waals surface area (Å²) in [6, 6.07) is 19.3. The van der Waals surface area contributed by atoms with Crippen molar-refractivity contribution in [2.75, 3.05) is 54.4 Å². The lowest BCUT2D eigenvalue weighted by Crippen LogP contribution is -2.63. The van der Waals surface area contributed by atoms with Crippen molar-refractivity contribution in [1.82, 2.24) is 44.9 Å². The van der Waals surface area contributed by atoms with Crippen LogP contribution in [0, 0.1) is 5.82 Å². The molecular weight excluding hydrogens is 824 g/mol. The lowest BCUT2D eigenvalue weighted by atomic mass is 10.0. The first-order valence-corrected chi connectivity index (χ1v) is 22.2. The number of aromatic amines is 1. The molecule has 10 rings (SSSR count).